The average molecular weight is 216 g/mol. The Morgan fingerprint density at radius 2 is 2.25 bits per heavy atom. The van der Waals surface area contributed by atoms with Gasteiger partial charge in [-0.1, -0.05) is 12.1 Å². The molecule has 0 bridgehead atoms. The zero-order valence-corrected chi connectivity index (χ0v) is 8.20. The summed E-state index contributed by atoms with van der Waals surface area (Å²) >= 11 is 0. The lowest BCUT2D eigenvalue weighted by atomic mass is 10.2. The normalized spacial score (nSPS) is 10.8. The summed E-state index contributed by atoms with van der Waals surface area (Å²) in [6.07, 6.45) is 4.61. The number of benzene rings is 1. The Morgan fingerprint density at radius 3 is 2.94 bits per heavy atom. The maximum absolute atomic E-state index is 10.7. The van der Waals surface area contributed by atoms with E-state index in [4.69, 9.17) is 0 Å². The fourth-order valence-electron chi connectivity index (χ4n) is 1.22. The molecular formula is C10H8N4O2. The minimum absolute atomic E-state index is 0.0257. The summed E-state index contributed by atoms with van der Waals surface area (Å²) in [5, 5.41) is 10.7. The summed E-state index contributed by atoms with van der Waals surface area (Å²) in [4.78, 5) is 20.9. The lowest BCUT2D eigenvalue weighted by molar-refractivity contribution is -0.385. The zero-order valence-electron chi connectivity index (χ0n) is 8.20. The van der Waals surface area contributed by atoms with Gasteiger partial charge in [0, 0.05) is 24.7 Å². The quantitative estimate of drug-likeness (QED) is 0.484. The van der Waals surface area contributed by atoms with Crippen LogP contribution in [0.3, 0.4) is 0 Å². The molecule has 0 saturated carbocycles. The van der Waals surface area contributed by atoms with Gasteiger partial charge in [0.2, 0.25) is 5.95 Å². The molecule has 0 aliphatic heterocycles. The van der Waals surface area contributed by atoms with Crippen LogP contribution in [0.1, 0.15) is 5.56 Å². The number of H-pyrrole nitrogens is 1. The number of aromatic nitrogens is 2. The molecule has 0 fully saturated rings. The van der Waals surface area contributed by atoms with Crippen LogP contribution < -0.4 is 0 Å². The standard InChI is InChI=1S/C10H8N4O2/c15-14(16)9-4-2-1-3-8(9)7-13-10-11-5-6-12-10/h1-7H,(H,11,12)/b13-7+. The first kappa shape index (κ1) is 10.0. The Labute approximate surface area is 90.8 Å². The molecule has 0 atom stereocenters. The first-order chi connectivity index (χ1) is 7.77. The van der Waals surface area contributed by atoms with E-state index in [-0.39, 0.29) is 5.69 Å². The van der Waals surface area contributed by atoms with Gasteiger partial charge in [-0.25, -0.2) is 9.98 Å². The highest BCUT2D eigenvalue weighted by atomic mass is 16.6. The van der Waals surface area contributed by atoms with Gasteiger partial charge in [0.1, 0.15) is 0 Å². The minimum Gasteiger partial charge on any atom is -0.329 e. The van der Waals surface area contributed by atoms with E-state index in [0.29, 0.717) is 11.5 Å². The van der Waals surface area contributed by atoms with Crippen LogP contribution in [0.2, 0.25) is 0 Å². The van der Waals surface area contributed by atoms with E-state index in [1.165, 1.54) is 12.3 Å². The maximum Gasteiger partial charge on any atom is 0.278 e. The fraction of sp³-hybridized carbons (Fsp3) is 0. The number of nitro benzene ring substituents is 1. The number of nitrogens with zero attached hydrogens (tertiary/aromatic N) is 3. The number of aromatic amines is 1. The van der Waals surface area contributed by atoms with Crippen molar-refractivity contribution in [3.63, 3.8) is 0 Å². The Balaban J connectivity index is 2.31. The number of aliphatic imine (C=N–C) groups is 1. The number of nitrogens with one attached hydrogen (secondary N) is 1. The number of para-hydroxylation sites is 1. The highest BCUT2D eigenvalue weighted by molar-refractivity contribution is 5.86. The van der Waals surface area contributed by atoms with Crippen LogP contribution in [-0.2, 0) is 0 Å². The summed E-state index contributed by atoms with van der Waals surface area (Å²) < 4.78 is 0. The fourth-order valence-corrected chi connectivity index (χ4v) is 1.22. The molecule has 16 heavy (non-hydrogen) atoms. The third-order valence-electron chi connectivity index (χ3n) is 1.94. The van der Waals surface area contributed by atoms with E-state index in [9.17, 15) is 10.1 Å². The predicted octanol–water partition coefficient (Wildman–Crippen LogP) is 2.07. The molecule has 1 N–H and O–H groups in total. The van der Waals surface area contributed by atoms with Crippen molar-refractivity contribution in [1.29, 1.82) is 0 Å². The van der Waals surface area contributed by atoms with Gasteiger partial charge in [-0.2, -0.15) is 0 Å². The van der Waals surface area contributed by atoms with Crippen molar-refractivity contribution in [2.45, 2.75) is 0 Å². The van der Waals surface area contributed by atoms with Gasteiger partial charge >= 0.3 is 0 Å². The van der Waals surface area contributed by atoms with E-state index in [1.54, 1.807) is 30.6 Å². The largest absolute Gasteiger partial charge is 0.329 e. The van der Waals surface area contributed by atoms with Crippen molar-refractivity contribution < 1.29 is 4.92 Å². The topological polar surface area (TPSA) is 84.2 Å². The minimum atomic E-state index is -0.441. The van der Waals surface area contributed by atoms with Crippen molar-refractivity contribution in [2.24, 2.45) is 4.99 Å². The molecule has 0 amide bonds. The molecule has 0 saturated heterocycles. The second-order valence-corrected chi connectivity index (χ2v) is 2.99. The maximum atomic E-state index is 10.7. The molecule has 1 aromatic carbocycles. The Kier molecular flexibility index (Phi) is 2.73. The molecule has 0 aliphatic carbocycles. The van der Waals surface area contributed by atoms with Crippen molar-refractivity contribution in [3.8, 4) is 0 Å². The molecule has 2 rings (SSSR count). The molecule has 0 spiro atoms. The Bertz CT molecular complexity index is 519. The van der Waals surface area contributed by atoms with E-state index in [0.717, 1.165) is 0 Å². The van der Waals surface area contributed by atoms with Crippen LogP contribution in [0, 0.1) is 10.1 Å². The van der Waals surface area contributed by atoms with Gasteiger partial charge in [-0.3, -0.25) is 10.1 Å². The van der Waals surface area contributed by atoms with Crippen LogP contribution >= 0.6 is 0 Å². The van der Waals surface area contributed by atoms with Crippen molar-refractivity contribution in [2.75, 3.05) is 0 Å². The summed E-state index contributed by atoms with van der Waals surface area (Å²) in [6, 6.07) is 6.40. The molecule has 6 heteroatoms. The molecule has 80 valence electrons. The van der Waals surface area contributed by atoms with E-state index < -0.39 is 4.92 Å². The highest BCUT2D eigenvalue weighted by Crippen LogP contribution is 2.16. The average Bonchev–Trinajstić information content (AvgIpc) is 2.79. The highest BCUT2D eigenvalue weighted by Gasteiger charge is 2.09. The van der Waals surface area contributed by atoms with Crippen LogP contribution in [0.5, 0.6) is 0 Å². The smallest absolute Gasteiger partial charge is 0.278 e. The first-order valence-corrected chi connectivity index (χ1v) is 4.54. The summed E-state index contributed by atoms with van der Waals surface area (Å²) in [5.41, 5.74) is 0.474. The molecule has 0 aliphatic rings. The number of nitro groups is 1. The number of hydrogen-bond donors (Lipinski definition) is 1. The summed E-state index contributed by atoms with van der Waals surface area (Å²) in [6.45, 7) is 0. The van der Waals surface area contributed by atoms with Gasteiger partial charge < -0.3 is 4.98 Å². The number of hydrogen-bond acceptors (Lipinski definition) is 4. The Morgan fingerprint density at radius 1 is 1.44 bits per heavy atom. The van der Waals surface area contributed by atoms with Crippen LogP contribution in [0.15, 0.2) is 41.7 Å². The molecule has 1 aromatic heterocycles. The van der Waals surface area contributed by atoms with E-state index in [1.807, 2.05) is 0 Å². The van der Waals surface area contributed by atoms with Gasteiger partial charge in [-0.15, -0.1) is 0 Å². The van der Waals surface area contributed by atoms with Crippen molar-refractivity contribution >= 4 is 17.9 Å². The Hall–Kier alpha value is -2.50. The molecule has 0 radical (unpaired) electrons. The lowest BCUT2D eigenvalue weighted by Crippen LogP contribution is -1.93. The van der Waals surface area contributed by atoms with Crippen LogP contribution in [-0.4, -0.2) is 21.1 Å². The van der Waals surface area contributed by atoms with Crippen LogP contribution in [0.25, 0.3) is 0 Å². The van der Waals surface area contributed by atoms with Crippen molar-refractivity contribution in [1.82, 2.24) is 9.97 Å². The van der Waals surface area contributed by atoms with Gasteiger partial charge in [0.15, 0.2) is 0 Å². The van der Waals surface area contributed by atoms with Gasteiger partial charge in [-0.05, 0) is 6.07 Å². The van der Waals surface area contributed by atoms with Gasteiger partial charge in [0.05, 0.1) is 10.5 Å². The SMILES string of the molecule is O=[N+]([O-])c1ccccc1/C=N/c1ncc[nH]1. The van der Waals surface area contributed by atoms with Crippen molar-refractivity contribution in [3.05, 3.63) is 52.3 Å². The van der Waals surface area contributed by atoms with Crippen LogP contribution in [0.4, 0.5) is 11.6 Å². The molecule has 0 unspecified atom stereocenters. The number of rotatable bonds is 3. The second kappa shape index (κ2) is 4.35. The monoisotopic (exact) mass is 216 g/mol. The van der Waals surface area contributed by atoms with E-state index >= 15 is 0 Å². The first-order valence-electron chi connectivity index (χ1n) is 4.54. The predicted molar refractivity (Wildman–Crippen MR) is 58.9 cm³/mol. The molecule has 1 heterocycles. The van der Waals surface area contributed by atoms with E-state index in [2.05, 4.69) is 15.0 Å². The van der Waals surface area contributed by atoms with Gasteiger partial charge in [0.25, 0.3) is 5.69 Å². The molecule has 2 aromatic rings. The molecular weight excluding hydrogens is 208 g/mol. The lowest BCUT2D eigenvalue weighted by Gasteiger charge is -1.94. The zero-order chi connectivity index (χ0) is 11.4. The molecule has 6 nitrogen and oxygen atoms in total. The number of imidazole rings is 1. The second-order valence-electron chi connectivity index (χ2n) is 2.99. The third-order valence-corrected chi connectivity index (χ3v) is 1.94. The third kappa shape index (κ3) is 2.11. The summed E-state index contributed by atoms with van der Waals surface area (Å²) in [7, 11) is 0. The summed E-state index contributed by atoms with van der Waals surface area (Å²) in [5.74, 6) is 0.415.